The molecule has 2 atom stereocenters. The minimum Gasteiger partial charge on any atom is -0.507 e. The molecule has 536 valence electrons. The maximum absolute atomic E-state index is 13.6. The number of phenols is 2. The molecule has 4 aromatic rings. The summed E-state index contributed by atoms with van der Waals surface area (Å²) in [5.41, 5.74) is 6.97. The summed E-state index contributed by atoms with van der Waals surface area (Å²) in [6, 6.07) is 24.6. The number of esters is 2. The van der Waals surface area contributed by atoms with Crippen molar-refractivity contribution in [2.75, 3.05) is 36.2 Å². The van der Waals surface area contributed by atoms with E-state index in [-0.39, 0.29) is 54.2 Å². The number of aromatic hydroxyl groups is 2. The number of phenolic OH excluding ortho intramolecular Hbond substituents is 2. The number of hydrogen-bond donors (Lipinski definition) is 2. The van der Waals surface area contributed by atoms with E-state index in [0.717, 1.165) is 80.4 Å². The molecular formula is C85H136O8S2. The predicted octanol–water partition coefficient (Wildman–Crippen LogP) is 24.5. The van der Waals surface area contributed by atoms with E-state index in [1.54, 1.807) is 0 Å². The molecule has 0 fully saturated rings. The molecule has 2 unspecified atom stereocenters. The van der Waals surface area contributed by atoms with Gasteiger partial charge in [-0.2, -0.15) is 23.5 Å². The van der Waals surface area contributed by atoms with Crippen LogP contribution in [0.15, 0.2) is 72.8 Å². The van der Waals surface area contributed by atoms with Crippen LogP contribution in [0.5, 0.6) is 23.0 Å². The van der Waals surface area contributed by atoms with Crippen molar-refractivity contribution < 1.29 is 38.7 Å². The van der Waals surface area contributed by atoms with Gasteiger partial charge in [-0.3, -0.25) is 9.59 Å². The highest BCUT2D eigenvalue weighted by Gasteiger charge is 2.26. The number of carbonyl (C=O) groups is 2. The van der Waals surface area contributed by atoms with Gasteiger partial charge in [-0.05, 0) is 131 Å². The first-order valence-electron chi connectivity index (χ1n) is 38.3. The third-order valence-electron chi connectivity index (χ3n) is 19.1. The summed E-state index contributed by atoms with van der Waals surface area (Å²) in [5, 5.41) is 21.7. The van der Waals surface area contributed by atoms with Crippen molar-refractivity contribution in [2.45, 2.75) is 343 Å². The Hall–Kier alpha value is -4.28. The van der Waals surface area contributed by atoms with Crippen molar-refractivity contribution in [3.63, 3.8) is 0 Å². The number of ether oxygens (including phenoxy) is 4. The lowest BCUT2D eigenvalue weighted by Gasteiger charge is -2.27. The average molecular weight is 1350 g/mol. The maximum Gasteiger partial charge on any atom is 0.306 e. The van der Waals surface area contributed by atoms with Gasteiger partial charge in [0, 0.05) is 29.8 Å². The molecule has 8 nitrogen and oxygen atoms in total. The van der Waals surface area contributed by atoms with Crippen LogP contribution in [0, 0.1) is 13.8 Å². The molecule has 0 amide bonds. The quantitative estimate of drug-likeness (QED) is 0.0327. The summed E-state index contributed by atoms with van der Waals surface area (Å²) < 4.78 is 25.2. The maximum atomic E-state index is 13.6. The van der Waals surface area contributed by atoms with Crippen molar-refractivity contribution in [1.82, 2.24) is 0 Å². The molecule has 0 bridgehead atoms. The molecule has 0 saturated carbocycles. The molecule has 0 aromatic heterocycles. The van der Waals surface area contributed by atoms with Crippen LogP contribution in [0.2, 0.25) is 0 Å². The van der Waals surface area contributed by atoms with Crippen molar-refractivity contribution in [3.05, 3.63) is 117 Å². The normalized spacial score (nSPS) is 12.7. The smallest absolute Gasteiger partial charge is 0.306 e. The Morgan fingerprint density at radius 1 is 0.400 bits per heavy atom. The minimum absolute atomic E-state index is 0.223. The third kappa shape index (κ3) is 35.4. The van der Waals surface area contributed by atoms with Crippen LogP contribution in [-0.4, -0.2) is 70.6 Å². The number of hydrogen-bond acceptors (Lipinski definition) is 10. The fraction of sp³-hybridized carbons (Fsp3) is 0.694. The molecule has 0 aliphatic carbocycles. The number of benzene rings is 4. The molecule has 0 heterocycles. The van der Waals surface area contributed by atoms with Gasteiger partial charge in [0.05, 0.1) is 0 Å². The van der Waals surface area contributed by atoms with Crippen LogP contribution >= 0.6 is 23.5 Å². The van der Waals surface area contributed by atoms with Gasteiger partial charge in [0.1, 0.15) is 48.4 Å². The van der Waals surface area contributed by atoms with Gasteiger partial charge in [0.25, 0.3) is 0 Å². The van der Waals surface area contributed by atoms with E-state index in [1.165, 1.54) is 193 Å². The Kier molecular flexibility index (Phi) is 41.7. The first kappa shape index (κ1) is 83.1. The molecule has 0 spiro atoms. The summed E-state index contributed by atoms with van der Waals surface area (Å²) in [4.78, 5) is 27.1. The highest BCUT2D eigenvalue weighted by atomic mass is 32.2. The molecule has 2 N–H and O–H groups in total. The number of thioether (sulfide) groups is 2. The predicted molar refractivity (Wildman–Crippen MR) is 409 cm³/mol. The zero-order chi connectivity index (χ0) is 69.2. The number of carbonyl (C=O) groups excluding carboxylic acids is 2. The average Bonchev–Trinajstić information content (AvgIpc) is 0.830. The standard InChI is InChI=1S/C85H136O8S2/c1-13-15-17-19-21-23-25-27-29-31-33-35-37-39-41-43-57-94-65-75(92-79(86)55-45-69-59-67(3)81(88)77(61-69)83(5,6)7)63-90-73-51-47-71(48-52-73)85(11,12)72-49-53-74(54-50-72)91-64-76(93-80(87)56-46-70-60-68(4)82(89)78(62-70)84(8,9)10)66-95-58-44-42-40-38-36-34-32-30-28-26-24-22-20-18-16-14-2/h47-54,59-62,75-76,88-89H,13-46,55-58,63-66H2,1-12H3. The molecule has 0 radical (unpaired) electrons. The molecule has 95 heavy (non-hydrogen) atoms. The molecule has 4 aromatic carbocycles. The van der Waals surface area contributed by atoms with Crippen LogP contribution in [0.4, 0.5) is 0 Å². The third-order valence-corrected chi connectivity index (χ3v) is 21.5. The van der Waals surface area contributed by atoms with Crippen LogP contribution < -0.4 is 9.47 Å². The van der Waals surface area contributed by atoms with Gasteiger partial charge < -0.3 is 29.2 Å². The van der Waals surface area contributed by atoms with E-state index < -0.39 is 12.2 Å². The Bertz CT molecular complexity index is 2490. The first-order chi connectivity index (χ1) is 45.6. The van der Waals surface area contributed by atoms with Crippen molar-refractivity contribution >= 4 is 35.5 Å². The topological polar surface area (TPSA) is 112 Å². The van der Waals surface area contributed by atoms with E-state index in [4.69, 9.17) is 18.9 Å². The number of aryl methyl sites for hydroxylation is 4. The number of rotatable bonds is 54. The Balaban J connectivity index is 1.29. The van der Waals surface area contributed by atoms with Gasteiger partial charge in [-0.25, -0.2) is 0 Å². The summed E-state index contributed by atoms with van der Waals surface area (Å²) in [6.45, 7) is 26.0. The molecular weight excluding hydrogens is 1210 g/mol. The van der Waals surface area contributed by atoms with Gasteiger partial charge >= 0.3 is 11.9 Å². The van der Waals surface area contributed by atoms with Crippen molar-refractivity contribution in [3.8, 4) is 23.0 Å². The second-order valence-electron chi connectivity index (χ2n) is 30.4. The lowest BCUT2D eigenvalue weighted by atomic mass is 9.78. The zero-order valence-corrected chi connectivity index (χ0v) is 64.1. The van der Waals surface area contributed by atoms with E-state index in [2.05, 4.69) is 93.5 Å². The van der Waals surface area contributed by atoms with Gasteiger partial charge in [-0.1, -0.05) is 310 Å². The van der Waals surface area contributed by atoms with Gasteiger partial charge in [-0.15, -0.1) is 0 Å². The van der Waals surface area contributed by atoms with E-state index in [0.29, 0.717) is 35.8 Å². The molecule has 0 aliphatic heterocycles. The molecule has 0 saturated heterocycles. The first-order valence-corrected chi connectivity index (χ1v) is 40.6. The van der Waals surface area contributed by atoms with Crippen molar-refractivity contribution in [2.24, 2.45) is 0 Å². The van der Waals surface area contributed by atoms with Gasteiger partial charge in [0.2, 0.25) is 0 Å². The summed E-state index contributed by atoms with van der Waals surface area (Å²) in [7, 11) is 0. The lowest BCUT2D eigenvalue weighted by Crippen LogP contribution is -2.28. The molecule has 0 aliphatic rings. The largest absolute Gasteiger partial charge is 0.507 e. The second kappa shape index (κ2) is 47.7. The van der Waals surface area contributed by atoms with Gasteiger partial charge in [0.15, 0.2) is 0 Å². The monoisotopic (exact) mass is 1350 g/mol. The highest BCUT2D eigenvalue weighted by Crippen LogP contribution is 2.37. The highest BCUT2D eigenvalue weighted by molar-refractivity contribution is 7.99. The summed E-state index contributed by atoms with van der Waals surface area (Å²) in [6.07, 6.45) is 44.1. The van der Waals surface area contributed by atoms with Crippen LogP contribution in [0.1, 0.15) is 332 Å². The van der Waals surface area contributed by atoms with Crippen LogP contribution in [0.3, 0.4) is 0 Å². The number of unbranched alkanes of at least 4 members (excludes halogenated alkanes) is 30. The fourth-order valence-electron chi connectivity index (χ4n) is 12.8. The lowest BCUT2D eigenvalue weighted by molar-refractivity contribution is -0.150. The van der Waals surface area contributed by atoms with Crippen LogP contribution in [0.25, 0.3) is 0 Å². The SMILES string of the molecule is CCCCCCCCCCCCCCCCCCSCC(COc1ccc(C(C)(C)c2ccc(OCC(CSCCCCCCCCCCCCCCCCCC)OC(=O)CCc3cc(C)c(O)c(C(C)(C)C)c3)cc2)cc1)OC(=O)CCc1cc(C)c(O)c(C(C)(C)C)c1. The summed E-state index contributed by atoms with van der Waals surface area (Å²) >= 11 is 3.70. The van der Waals surface area contributed by atoms with E-state index in [1.807, 2.05) is 85.9 Å². The minimum atomic E-state index is -0.394. The molecule has 10 heteroatoms. The molecule has 4 rings (SSSR count). The van der Waals surface area contributed by atoms with Crippen LogP contribution in [-0.2, 0) is 48.1 Å². The van der Waals surface area contributed by atoms with E-state index in [9.17, 15) is 19.8 Å². The Morgan fingerprint density at radius 3 is 0.947 bits per heavy atom. The van der Waals surface area contributed by atoms with Crippen molar-refractivity contribution in [1.29, 1.82) is 0 Å². The summed E-state index contributed by atoms with van der Waals surface area (Å²) in [5.74, 6) is 5.05. The second-order valence-corrected chi connectivity index (χ2v) is 32.7. The Morgan fingerprint density at radius 2 is 0.674 bits per heavy atom. The Labute approximate surface area is 589 Å². The zero-order valence-electron chi connectivity index (χ0n) is 62.4. The fourth-order valence-corrected chi connectivity index (χ4v) is 14.8. The van der Waals surface area contributed by atoms with E-state index >= 15 is 0 Å².